The predicted octanol–water partition coefficient (Wildman–Crippen LogP) is 2.87. The van der Waals surface area contributed by atoms with Gasteiger partial charge in [0.25, 0.3) is 0 Å². The Kier molecular flexibility index (Phi) is 3.42. The summed E-state index contributed by atoms with van der Waals surface area (Å²) in [7, 11) is 0. The first-order chi connectivity index (χ1) is 7.16. The molecule has 1 saturated heterocycles. The van der Waals surface area contributed by atoms with Gasteiger partial charge in [0.15, 0.2) is 0 Å². The van der Waals surface area contributed by atoms with Crippen molar-refractivity contribution in [3.05, 3.63) is 15.6 Å². The standard InChI is InChI=1S/C12H20N2S/c1-8(2)12-14-9(3)11(15-12)7-10-5-4-6-13-10/h8,10,13H,4-7H2,1-3H3. The summed E-state index contributed by atoms with van der Waals surface area (Å²) in [6.07, 6.45) is 3.84. The summed E-state index contributed by atoms with van der Waals surface area (Å²) < 4.78 is 0. The highest BCUT2D eigenvalue weighted by Crippen LogP contribution is 2.26. The van der Waals surface area contributed by atoms with Crippen LogP contribution in [0, 0.1) is 6.92 Å². The van der Waals surface area contributed by atoms with E-state index in [1.54, 1.807) is 0 Å². The quantitative estimate of drug-likeness (QED) is 0.854. The van der Waals surface area contributed by atoms with Crippen LogP contribution in [-0.2, 0) is 6.42 Å². The van der Waals surface area contributed by atoms with Gasteiger partial charge in [0.2, 0.25) is 0 Å². The smallest absolute Gasteiger partial charge is 0.0956 e. The monoisotopic (exact) mass is 224 g/mol. The van der Waals surface area contributed by atoms with Crippen molar-refractivity contribution in [2.24, 2.45) is 0 Å². The molecule has 0 radical (unpaired) electrons. The zero-order chi connectivity index (χ0) is 10.8. The molecule has 0 aliphatic carbocycles. The van der Waals surface area contributed by atoms with Gasteiger partial charge in [0, 0.05) is 16.8 Å². The number of hydrogen-bond donors (Lipinski definition) is 1. The lowest BCUT2D eigenvalue weighted by Crippen LogP contribution is -2.23. The Labute approximate surface area is 96.1 Å². The van der Waals surface area contributed by atoms with Crippen molar-refractivity contribution in [1.29, 1.82) is 0 Å². The number of nitrogens with one attached hydrogen (secondary N) is 1. The summed E-state index contributed by atoms with van der Waals surface area (Å²) in [4.78, 5) is 6.13. The number of aromatic nitrogens is 1. The van der Waals surface area contributed by atoms with Gasteiger partial charge in [-0.15, -0.1) is 11.3 Å². The second-order valence-corrected chi connectivity index (χ2v) is 5.83. The third-order valence-corrected chi connectivity index (χ3v) is 4.48. The van der Waals surface area contributed by atoms with Gasteiger partial charge in [0.05, 0.1) is 10.7 Å². The van der Waals surface area contributed by atoms with E-state index >= 15 is 0 Å². The van der Waals surface area contributed by atoms with Crippen LogP contribution in [0.15, 0.2) is 0 Å². The van der Waals surface area contributed by atoms with E-state index in [0.717, 1.165) is 0 Å². The second kappa shape index (κ2) is 4.62. The molecule has 2 nitrogen and oxygen atoms in total. The van der Waals surface area contributed by atoms with E-state index in [4.69, 9.17) is 0 Å². The van der Waals surface area contributed by atoms with E-state index in [2.05, 4.69) is 31.1 Å². The maximum Gasteiger partial charge on any atom is 0.0956 e. The van der Waals surface area contributed by atoms with E-state index in [0.29, 0.717) is 12.0 Å². The lowest BCUT2D eigenvalue weighted by molar-refractivity contribution is 0.605. The number of hydrogen-bond acceptors (Lipinski definition) is 3. The van der Waals surface area contributed by atoms with Crippen LogP contribution in [0.3, 0.4) is 0 Å². The van der Waals surface area contributed by atoms with Crippen molar-refractivity contribution in [3.63, 3.8) is 0 Å². The highest BCUT2D eigenvalue weighted by atomic mass is 32.1. The Balaban J connectivity index is 2.06. The van der Waals surface area contributed by atoms with Gasteiger partial charge >= 0.3 is 0 Å². The Morgan fingerprint density at radius 3 is 2.87 bits per heavy atom. The molecule has 2 heterocycles. The van der Waals surface area contributed by atoms with E-state index in [-0.39, 0.29) is 0 Å². The zero-order valence-electron chi connectivity index (χ0n) is 9.84. The Bertz CT molecular complexity index is 324. The van der Waals surface area contributed by atoms with Crippen molar-refractivity contribution in [2.45, 2.75) is 52.0 Å². The van der Waals surface area contributed by atoms with Crippen LogP contribution in [-0.4, -0.2) is 17.6 Å². The minimum atomic E-state index is 0.569. The lowest BCUT2D eigenvalue weighted by atomic mass is 10.1. The van der Waals surface area contributed by atoms with Gasteiger partial charge < -0.3 is 5.32 Å². The molecule has 0 amide bonds. The first kappa shape index (κ1) is 11.1. The number of nitrogens with zero attached hydrogens (tertiary/aromatic N) is 1. The molecule has 1 unspecified atom stereocenters. The van der Waals surface area contributed by atoms with Crippen molar-refractivity contribution < 1.29 is 0 Å². The van der Waals surface area contributed by atoms with Crippen molar-refractivity contribution in [3.8, 4) is 0 Å². The fourth-order valence-electron chi connectivity index (χ4n) is 2.04. The third-order valence-electron chi connectivity index (χ3n) is 3.00. The van der Waals surface area contributed by atoms with Crippen molar-refractivity contribution in [2.75, 3.05) is 6.54 Å². The van der Waals surface area contributed by atoms with E-state index in [1.807, 2.05) is 11.3 Å². The molecule has 84 valence electrons. The van der Waals surface area contributed by atoms with Gasteiger partial charge in [-0.2, -0.15) is 0 Å². The van der Waals surface area contributed by atoms with Crippen LogP contribution >= 0.6 is 11.3 Å². The lowest BCUT2D eigenvalue weighted by Gasteiger charge is -2.07. The molecular formula is C12H20N2S. The van der Waals surface area contributed by atoms with Gasteiger partial charge in [-0.1, -0.05) is 13.8 Å². The number of aryl methyl sites for hydroxylation is 1. The fourth-order valence-corrected chi connectivity index (χ4v) is 3.19. The largest absolute Gasteiger partial charge is 0.314 e. The average Bonchev–Trinajstić information content (AvgIpc) is 2.77. The molecule has 0 bridgehead atoms. The Morgan fingerprint density at radius 1 is 1.53 bits per heavy atom. The van der Waals surface area contributed by atoms with E-state index in [1.165, 1.54) is 41.4 Å². The van der Waals surface area contributed by atoms with Gasteiger partial charge in [0.1, 0.15) is 0 Å². The van der Waals surface area contributed by atoms with Crippen LogP contribution in [0.5, 0.6) is 0 Å². The normalized spacial score (nSPS) is 21.5. The predicted molar refractivity (Wildman–Crippen MR) is 65.7 cm³/mol. The van der Waals surface area contributed by atoms with Crippen molar-refractivity contribution in [1.82, 2.24) is 10.3 Å². The van der Waals surface area contributed by atoms with E-state index < -0.39 is 0 Å². The van der Waals surface area contributed by atoms with Crippen LogP contribution in [0.1, 0.15) is 48.2 Å². The fraction of sp³-hybridized carbons (Fsp3) is 0.750. The molecular weight excluding hydrogens is 204 g/mol. The summed E-state index contributed by atoms with van der Waals surface area (Å²) in [5.41, 5.74) is 1.25. The summed E-state index contributed by atoms with van der Waals surface area (Å²) in [5.74, 6) is 0.569. The van der Waals surface area contributed by atoms with Crippen LogP contribution in [0.2, 0.25) is 0 Å². The molecule has 1 aliphatic rings. The molecule has 1 aromatic rings. The minimum Gasteiger partial charge on any atom is -0.314 e. The summed E-state index contributed by atoms with van der Waals surface area (Å²) in [5, 5.41) is 4.84. The molecule has 2 rings (SSSR count). The highest BCUT2D eigenvalue weighted by Gasteiger charge is 2.18. The minimum absolute atomic E-state index is 0.569. The molecule has 0 aromatic carbocycles. The summed E-state index contributed by atoms with van der Waals surface area (Å²) >= 11 is 1.90. The first-order valence-corrected chi connectivity index (χ1v) is 6.68. The maximum absolute atomic E-state index is 4.64. The summed E-state index contributed by atoms with van der Waals surface area (Å²) in [6, 6.07) is 0.698. The first-order valence-electron chi connectivity index (χ1n) is 5.86. The van der Waals surface area contributed by atoms with Crippen LogP contribution in [0.4, 0.5) is 0 Å². The topological polar surface area (TPSA) is 24.9 Å². The second-order valence-electron chi connectivity index (χ2n) is 4.71. The Hall–Kier alpha value is -0.410. The maximum atomic E-state index is 4.64. The van der Waals surface area contributed by atoms with Crippen LogP contribution < -0.4 is 5.32 Å². The molecule has 0 spiro atoms. The molecule has 3 heteroatoms. The molecule has 15 heavy (non-hydrogen) atoms. The average molecular weight is 224 g/mol. The van der Waals surface area contributed by atoms with E-state index in [9.17, 15) is 0 Å². The third kappa shape index (κ3) is 2.58. The molecule has 1 aliphatic heterocycles. The van der Waals surface area contributed by atoms with Crippen LogP contribution in [0.25, 0.3) is 0 Å². The van der Waals surface area contributed by atoms with Gasteiger partial charge in [-0.3, -0.25) is 0 Å². The number of rotatable bonds is 3. The molecule has 1 aromatic heterocycles. The zero-order valence-corrected chi connectivity index (χ0v) is 10.7. The SMILES string of the molecule is Cc1nc(C(C)C)sc1CC1CCCN1. The molecule has 0 saturated carbocycles. The number of thiazole rings is 1. The molecule has 1 N–H and O–H groups in total. The van der Waals surface area contributed by atoms with Gasteiger partial charge in [-0.05, 0) is 32.7 Å². The van der Waals surface area contributed by atoms with Crippen molar-refractivity contribution >= 4 is 11.3 Å². The summed E-state index contributed by atoms with van der Waals surface area (Å²) in [6.45, 7) is 7.78. The highest BCUT2D eigenvalue weighted by molar-refractivity contribution is 7.11. The van der Waals surface area contributed by atoms with Gasteiger partial charge in [-0.25, -0.2) is 4.98 Å². The molecule has 1 atom stereocenters. The molecule has 1 fully saturated rings. The Morgan fingerprint density at radius 2 is 2.33 bits per heavy atom.